The molecule has 0 aliphatic heterocycles. The molecule has 0 aliphatic rings. The zero-order chi connectivity index (χ0) is 15.0. The number of ether oxygens (including phenoxy) is 2. The smallest absolute Gasteiger partial charge is 0.387 e. The molecule has 114 valence electrons. The normalized spacial score (nSPS) is 12.9. The van der Waals surface area contributed by atoms with E-state index in [2.05, 4.69) is 17.0 Å². The zero-order valence-electron chi connectivity index (χ0n) is 12.2. The average molecular weight is 287 g/mol. The molecule has 0 amide bonds. The van der Waals surface area contributed by atoms with Gasteiger partial charge < -0.3 is 14.8 Å². The van der Waals surface area contributed by atoms with Crippen LogP contribution in [0, 0.1) is 0 Å². The van der Waals surface area contributed by atoms with E-state index in [1.807, 2.05) is 13.8 Å². The largest absolute Gasteiger partial charge is 0.435 e. The lowest BCUT2D eigenvalue weighted by molar-refractivity contribution is -0.0498. The first-order valence-corrected chi connectivity index (χ1v) is 6.92. The summed E-state index contributed by atoms with van der Waals surface area (Å²) in [6, 6.07) is 6.73. The van der Waals surface area contributed by atoms with Crippen LogP contribution in [0.3, 0.4) is 0 Å². The lowest BCUT2D eigenvalue weighted by atomic mass is 10.1. The van der Waals surface area contributed by atoms with Crippen LogP contribution in [-0.2, 0) is 4.74 Å². The summed E-state index contributed by atoms with van der Waals surface area (Å²) in [4.78, 5) is 0. The van der Waals surface area contributed by atoms with E-state index in [-0.39, 0.29) is 17.9 Å². The standard InChI is InChI=1S/C15H23F2NO2/c1-4-9-18-14(10-19-11(2)3)12-5-7-13(8-6-12)20-15(16)17/h5-8,11,14-15,18H,4,9-10H2,1-3H3. The molecule has 0 aromatic heterocycles. The van der Waals surface area contributed by atoms with E-state index in [9.17, 15) is 8.78 Å². The van der Waals surface area contributed by atoms with Crippen LogP contribution in [0.1, 0.15) is 38.8 Å². The van der Waals surface area contributed by atoms with E-state index in [0.717, 1.165) is 18.5 Å². The van der Waals surface area contributed by atoms with Gasteiger partial charge in [-0.15, -0.1) is 0 Å². The highest BCUT2D eigenvalue weighted by Gasteiger charge is 2.12. The molecular weight excluding hydrogens is 264 g/mol. The summed E-state index contributed by atoms with van der Waals surface area (Å²) in [6.07, 6.45) is 1.17. The molecule has 1 unspecified atom stereocenters. The van der Waals surface area contributed by atoms with Gasteiger partial charge in [0.05, 0.1) is 18.8 Å². The molecule has 1 rings (SSSR count). The Hall–Kier alpha value is -1.20. The van der Waals surface area contributed by atoms with Crippen LogP contribution >= 0.6 is 0 Å². The van der Waals surface area contributed by atoms with E-state index < -0.39 is 6.61 Å². The summed E-state index contributed by atoms with van der Waals surface area (Å²) >= 11 is 0. The molecule has 0 saturated heterocycles. The van der Waals surface area contributed by atoms with Gasteiger partial charge in [0.25, 0.3) is 0 Å². The van der Waals surface area contributed by atoms with Crippen molar-refractivity contribution in [2.24, 2.45) is 0 Å². The monoisotopic (exact) mass is 287 g/mol. The van der Waals surface area contributed by atoms with Crippen molar-refractivity contribution in [1.82, 2.24) is 5.32 Å². The number of alkyl halides is 2. The summed E-state index contributed by atoms with van der Waals surface area (Å²) in [6.45, 7) is 4.69. The number of hydrogen-bond acceptors (Lipinski definition) is 3. The lowest BCUT2D eigenvalue weighted by Crippen LogP contribution is -2.27. The minimum Gasteiger partial charge on any atom is -0.435 e. The summed E-state index contributed by atoms with van der Waals surface area (Å²) in [5.74, 6) is 0.169. The third-order valence-corrected chi connectivity index (χ3v) is 2.74. The molecule has 0 spiro atoms. The maximum absolute atomic E-state index is 12.1. The highest BCUT2D eigenvalue weighted by atomic mass is 19.3. The first-order valence-electron chi connectivity index (χ1n) is 6.92. The minimum atomic E-state index is -2.79. The van der Waals surface area contributed by atoms with Crippen molar-refractivity contribution in [2.75, 3.05) is 13.2 Å². The van der Waals surface area contributed by atoms with Gasteiger partial charge in [-0.25, -0.2) is 0 Å². The van der Waals surface area contributed by atoms with Gasteiger partial charge in [-0.1, -0.05) is 19.1 Å². The van der Waals surface area contributed by atoms with E-state index in [1.54, 1.807) is 24.3 Å². The molecule has 1 aromatic carbocycles. The Balaban J connectivity index is 2.68. The second kappa shape index (κ2) is 8.87. The van der Waals surface area contributed by atoms with Crippen LogP contribution in [0.4, 0.5) is 8.78 Å². The molecule has 1 N–H and O–H groups in total. The molecule has 1 atom stereocenters. The number of benzene rings is 1. The Morgan fingerprint density at radius 2 is 1.80 bits per heavy atom. The van der Waals surface area contributed by atoms with Crippen LogP contribution < -0.4 is 10.1 Å². The van der Waals surface area contributed by atoms with Crippen molar-refractivity contribution in [2.45, 2.75) is 45.9 Å². The predicted octanol–water partition coefficient (Wildman–Crippen LogP) is 3.75. The SMILES string of the molecule is CCCNC(COC(C)C)c1ccc(OC(F)F)cc1. The minimum absolute atomic E-state index is 0.0537. The van der Waals surface area contributed by atoms with Crippen molar-refractivity contribution in [3.8, 4) is 5.75 Å². The first kappa shape index (κ1) is 16.9. The van der Waals surface area contributed by atoms with Crippen molar-refractivity contribution in [3.05, 3.63) is 29.8 Å². The maximum Gasteiger partial charge on any atom is 0.387 e. The predicted molar refractivity (Wildman–Crippen MR) is 75.2 cm³/mol. The van der Waals surface area contributed by atoms with Crippen molar-refractivity contribution in [3.63, 3.8) is 0 Å². The second-order valence-corrected chi connectivity index (χ2v) is 4.84. The van der Waals surface area contributed by atoms with Crippen LogP contribution in [0.25, 0.3) is 0 Å². The third-order valence-electron chi connectivity index (χ3n) is 2.74. The molecular formula is C15H23F2NO2. The summed E-state index contributed by atoms with van der Waals surface area (Å²) < 4.78 is 34.2. The fourth-order valence-electron chi connectivity index (χ4n) is 1.76. The van der Waals surface area contributed by atoms with Crippen LogP contribution in [0.5, 0.6) is 5.75 Å². The molecule has 0 aliphatic carbocycles. The highest BCUT2D eigenvalue weighted by molar-refractivity contribution is 5.29. The van der Waals surface area contributed by atoms with Crippen molar-refractivity contribution in [1.29, 1.82) is 0 Å². The molecule has 0 saturated carbocycles. The number of rotatable bonds is 9. The number of hydrogen-bond donors (Lipinski definition) is 1. The Bertz CT molecular complexity index is 369. The lowest BCUT2D eigenvalue weighted by Gasteiger charge is -2.20. The highest BCUT2D eigenvalue weighted by Crippen LogP contribution is 2.20. The Morgan fingerprint density at radius 3 is 2.30 bits per heavy atom. The molecule has 0 radical (unpaired) electrons. The van der Waals surface area contributed by atoms with Gasteiger partial charge in [-0.2, -0.15) is 8.78 Å². The van der Waals surface area contributed by atoms with E-state index in [0.29, 0.717) is 6.61 Å². The Labute approximate surface area is 119 Å². The number of nitrogens with one attached hydrogen (secondary N) is 1. The van der Waals surface area contributed by atoms with Gasteiger partial charge in [-0.05, 0) is 44.5 Å². The second-order valence-electron chi connectivity index (χ2n) is 4.84. The molecule has 5 heteroatoms. The molecule has 3 nitrogen and oxygen atoms in total. The Morgan fingerprint density at radius 1 is 1.15 bits per heavy atom. The van der Waals surface area contributed by atoms with E-state index in [4.69, 9.17) is 4.74 Å². The summed E-state index contributed by atoms with van der Waals surface area (Å²) in [7, 11) is 0. The Kier molecular flexibility index (Phi) is 7.47. The molecule has 0 heterocycles. The van der Waals surface area contributed by atoms with Crippen LogP contribution in [0.2, 0.25) is 0 Å². The van der Waals surface area contributed by atoms with Gasteiger partial charge >= 0.3 is 6.61 Å². The van der Waals surface area contributed by atoms with E-state index in [1.165, 1.54) is 0 Å². The van der Waals surface area contributed by atoms with Crippen molar-refractivity contribution >= 4 is 0 Å². The number of halogens is 2. The molecule has 0 bridgehead atoms. The van der Waals surface area contributed by atoms with Gasteiger partial charge in [0.1, 0.15) is 5.75 Å². The third kappa shape index (κ3) is 6.30. The van der Waals surface area contributed by atoms with Gasteiger partial charge in [0.2, 0.25) is 0 Å². The van der Waals surface area contributed by atoms with Crippen molar-refractivity contribution < 1.29 is 18.3 Å². The quantitative estimate of drug-likeness (QED) is 0.750. The van der Waals surface area contributed by atoms with Crippen LogP contribution in [-0.4, -0.2) is 25.9 Å². The van der Waals surface area contributed by atoms with Gasteiger partial charge in [-0.3, -0.25) is 0 Å². The molecule has 1 aromatic rings. The van der Waals surface area contributed by atoms with Gasteiger partial charge in [0, 0.05) is 0 Å². The fourth-order valence-corrected chi connectivity index (χ4v) is 1.76. The molecule has 0 fully saturated rings. The zero-order valence-corrected chi connectivity index (χ0v) is 12.2. The van der Waals surface area contributed by atoms with E-state index >= 15 is 0 Å². The van der Waals surface area contributed by atoms with Crippen LogP contribution in [0.15, 0.2) is 24.3 Å². The summed E-state index contributed by atoms with van der Waals surface area (Å²) in [5.41, 5.74) is 1.00. The fraction of sp³-hybridized carbons (Fsp3) is 0.600. The maximum atomic E-state index is 12.1. The topological polar surface area (TPSA) is 30.5 Å². The summed E-state index contributed by atoms with van der Waals surface area (Å²) in [5, 5.41) is 3.39. The molecule has 20 heavy (non-hydrogen) atoms. The first-order chi connectivity index (χ1) is 9.52. The van der Waals surface area contributed by atoms with Gasteiger partial charge in [0.15, 0.2) is 0 Å². The average Bonchev–Trinajstić information content (AvgIpc) is 2.39.